The lowest BCUT2D eigenvalue weighted by Gasteiger charge is -2.37. The summed E-state index contributed by atoms with van der Waals surface area (Å²) in [5.41, 5.74) is 0.827. The zero-order chi connectivity index (χ0) is 22.9. The summed E-state index contributed by atoms with van der Waals surface area (Å²) in [6.45, 7) is 8.18. The second-order valence-electron chi connectivity index (χ2n) is 8.00. The number of rotatable bonds is 12. The van der Waals surface area contributed by atoms with Crippen LogP contribution in [0, 0.1) is 5.92 Å². The number of esters is 1. The summed E-state index contributed by atoms with van der Waals surface area (Å²) in [6, 6.07) is 0. The van der Waals surface area contributed by atoms with Gasteiger partial charge in [-0.05, 0) is 50.2 Å². The van der Waals surface area contributed by atoms with Crippen molar-refractivity contribution in [2.45, 2.75) is 77.6 Å². The van der Waals surface area contributed by atoms with Gasteiger partial charge < -0.3 is 19.3 Å². The molecule has 3 unspecified atom stereocenters. The van der Waals surface area contributed by atoms with Gasteiger partial charge in [-0.2, -0.15) is 0 Å². The highest BCUT2D eigenvalue weighted by atomic mass is 16.6. The smallest absolute Gasteiger partial charge is 0.337 e. The molecule has 172 valence electrons. The van der Waals surface area contributed by atoms with Gasteiger partial charge in [-0.25, -0.2) is 9.59 Å². The average molecular weight is 433 g/mol. The summed E-state index contributed by atoms with van der Waals surface area (Å²) in [6.07, 6.45) is 13.2. The van der Waals surface area contributed by atoms with Gasteiger partial charge in [0.05, 0.1) is 13.2 Å². The summed E-state index contributed by atoms with van der Waals surface area (Å²) in [4.78, 5) is 25.0. The predicted octanol–water partition coefficient (Wildman–Crippen LogP) is 4.76. The molecule has 0 aromatic rings. The molecule has 1 saturated heterocycles. The van der Waals surface area contributed by atoms with E-state index in [-0.39, 0.29) is 6.61 Å². The third kappa shape index (κ3) is 5.95. The highest BCUT2D eigenvalue weighted by Crippen LogP contribution is 2.43. The zero-order valence-electron chi connectivity index (χ0n) is 19.1. The van der Waals surface area contributed by atoms with E-state index in [1.807, 2.05) is 58.1 Å². The van der Waals surface area contributed by atoms with Crippen molar-refractivity contribution in [3.8, 4) is 0 Å². The van der Waals surface area contributed by atoms with Gasteiger partial charge in [0.1, 0.15) is 0 Å². The molecular weight excluding hydrogens is 396 g/mol. The maximum Gasteiger partial charge on any atom is 0.337 e. The van der Waals surface area contributed by atoms with Crippen molar-refractivity contribution in [2.75, 3.05) is 13.2 Å². The molecule has 1 aliphatic carbocycles. The first kappa shape index (κ1) is 25.1. The van der Waals surface area contributed by atoms with Crippen LogP contribution in [0.15, 0.2) is 47.6 Å². The van der Waals surface area contributed by atoms with Crippen LogP contribution in [-0.2, 0) is 23.8 Å². The lowest BCUT2D eigenvalue weighted by atomic mass is 9.77. The number of aliphatic carboxylic acids is 1. The molecule has 1 aliphatic heterocycles. The third-order valence-electron chi connectivity index (χ3n) is 6.14. The summed E-state index contributed by atoms with van der Waals surface area (Å²) < 4.78 is 17.7. The minimum atomic E-state index is -1.27. The molecule has 6 heteroatoms. The summed E-state index contributed by atoms with van der Waals surface area (Å²) >= 11 is 0. The van der Waals surface area contributed by atoms with Crippen molar-refractivity contribution in [3.63, 3.8) is 0 Å². The van der Waals surface area contributed by atoms with E-state index in [4.69, 9.17) is 14.2 Å². The minimum Gasteiger partial charge on any atom is -0.479 e. The van der Waals surface area contributed by atoms with Crippen molar-refractivity contribution in [2.24, 2.45) is 5.92 Å². The Morgan fingerprint density at radius 1 is 1.39 bits per heavy atom. The molecule has 4 atom stereocenters. The molecule has 1 N–H and O–H groups in total. The van der Waals surface area contributed by atoms with Gasteiger partial charge in [0, 0.05) is 5.92 Å². The number of ether oxygens (including phenoxy) is 3. The van der Waals surface area contributed by atoms with Crippen molar-refractivity contribution < 1.29 is 28.9 Å². The predicted molar refractivity (Wildman–Crippen MR) is 120 cm³/mol. The van der Waals surface area contributed by atoms with Gasteiger partial charge >= 0.3 is 11.9 Å². The molecule has 0 aromatic heterocycles. The van der Waals surface area contributed by atoms with E-state index in [2.05, 4.69) is 6.08 Å². The molecular formula is C25H36O6. The van der Waals surface area contributed by atoms with Crippen LogP contribution in [-0.4, -0.2) is 48.1 Å². The molecule has 1 heterocycles. The van der Waals surface area contributed by atoms with Gasteiger partial charge in [-0.15, -0.1) is 0 Å². The van der Waals surface area contributed by atoms with Crippen LogP contribution in [0.4, 0.5) is 0 Å². The molecule has 0 radical (unpaired) electrons. The fraction of sp³-hybridized carbons (Fsp3) is 0.600. The van der Waals surface area contributed by atoms with E-state index >= 15 is 0 Å². The number of carboxylic acid groups (broad SMARTS) is 1. The van der Waals surface area contributed by atoms with Gasteiger partial charge in [-0.1, -0.05) is 57.2 Å². The number of cyclic esters (lactones) is 1. The Bertz CT molecular complexity index is 747. The molecule has 6 nitrogen and oxygen atoms in total. The SMILES string of the molecule is C/C=C\C=C(/CC)COC(C(=O)O)[C@]1(CC)OC(=O)C(OCC2=CC=CCC2)C1CC. The monoisotopic (exact) mass is 432 g/mol. The molecule has 31 heavy (non-hydrogen) atoms. The van der Waals surface area contributed by atoms with Crippen LogP contribution in [0.5, 0.6) is 0 Å². The number of allylic oxidation sites excluding steroid dienone is 6. The molecule has 0 saturated carbocycles. The van der Waals surface area contributed by atoms with Crippen molar-refractivity contribution in [3.05, 3.63) is 47.6 Å². The number of hydrogen-bond acceptors (Lipinski definition) is 5. The van der Waals surface area contributed by atoms with E-state index in [0.29, 0.717) is 19.4 Å². The number of hydrogen-bond donors (Lipinski definition) is 1. The van der Waals surface area contributed by atoms with Crippen LogP contribution < -0.4 is 0 Å². The van der Waals surface area contributed by atoms with Crippen molar-refractivity contribution in [1.82, 2.24) is 0 Å². The second-order valence-corrected chi connectivity index (χ2v) is 8.00. The summed E-state index contributed by atoms with van der Waals surface area (Å²) in [7, 11) is 0. The van der Waals surface area contributed by atoms with Crippen LogP contribution >= 0.6 is 0 Å². The third-order valence-corrected chi connectivity index (χ3v) is 6.14. The quantitative estimate of drug-likeness (QED) is 0.354. The molecule has 1 fully saturated rings. The molecule has 2 rings (SSSR count). The van der Waals surface area contributed by atoms with E-state index in [0.717, 1.165) is 30.4 Å². The van der Waals surface area contributed by atoms with E-state index < -0.39 is 35.7 Å². The number of carbonyl (C=O) groups excluding carboxylic acids is 1. The van der Waals surface area contributed by atoms with Gasteiger partial charge in [0.15, 0.2) is 17.8 Å². The summed E-state index contributed by atoms with van der Waals surface area (Å²) in [5.74, 6) is -2.04. The first-order valence-corrected chi connectivity index (χ1v) is 11.3. The fourth-order valence-corrected chi connectivity index (χ4v) is 4.33. The maximum absolute atomic E-state index is 12.8. The minimum absolute atomic E-state index is 0.165. The number of carbonyl (C=O) groups is 2. The van der Waals surface area contributed by atoms with E-state index in [1.165, 1.54) is 0 Å². The van der Waals surface area contributed by atoms with Gasteiger partial charge in [0.2, 0.25) is 0 Å². The first-order chi connectivity index (χ1) is 14.9. The highest BCUT2D eigenvalue weighted by Gasteiger charge is 2.61. The van der Waals surface area contributed by atoms with Crippen LogP contribution in [0.25, 0.3) is 0 Å². The fourth-order valence-electron chi connectivity index (χ4n) is 4.33. The van der Waals surface area contributed by atoms with Crippen molar-refractivity contribution >= 4 is 11.9 Å². The van der Waals surface area contributed by atoms with E-state index in [9.17, 15) is 14.7 Å². The summed E-state index contributed by atoms with van der Waals surface area (Å²) in [5, 5.41) is 10.0. The molecule has 2 aliphatic rings. The molecule has 0 amide bonds. The Hall–Kier alpha value is -2.18. The average Bonchev–Trinajstić information content (AvgIpc) is 3.06. The molecule has 0 aromatic carbocycles. The highest BCUT2D eigenvalue weighted by molar-refractivity contribution is 5.82. The molecule has 0 spiro atoms. The zero-order valence-corrected chi connectivity index (χ0v) is 19.1. The number of carboxylic acids is 1. The van der Waals surface area contributed by atoms with Crippen LogP contribution in [0.3, 0.4) is 0 Å². The van der Waals surface area contributed by atoms with Crippen LogP contribution in [0.1, 0.15) is 59.8 Å². The normalized spacial score (nSPS) is 27.4. The largest absolute Gasteiger partial charge is 0.479 e. The lowest BCUT2D eigenvalue weighted by molar-refractivity contribution is -0.185. The Labute approximate surface area is 185 Å². The van der Waals surface area contributed by atoms with E-state index in [1.54, 1.807) is 0 Å². The Morgan fingerprint density at radius 2 is 2.16 bits per heavy atom. The Morgan fingerprint density at radius 3 is 2.71 bits per heavy atom. The van der Waals surface area contributed by atoms with Crippen LogP contribution in [0.2, 0.25) is 0 Å². The first-order valence-electron chi connectivity index (χ1n) is 11.3. The Balaban J connectivity index is 2.23. The maximum atomic E-state index is 12.8. The van der Waals surface area contributed by atoms with Crippen molar-refractivity contribution in [1.29, 1.82) is 0 Å². The second kappa shape index (κ2) is 12.0. The standard InChI is InChI=1S/C25H36O6/c1-5-9-13-18(6-2)16-30-22(23(26)27)25(8-4)20(7-3)21(24(28)31-25)29-17-19-14-11-10-12-15-19/h5,9-11,13-14,20-22H,6-8,12,15-17H2,1-4H3,(H,26,27)/b9-5-,18-13+/t20?,21?,22?,25-/m1/s1. The Kier molecular flexibility index (Phi) is 9.72. The van der Waals surface area contributed by atoms with Gasteiger partial charge in [-0.3, -0.25) is 0 Å². The lowest BCUT2D eigenvalue weighted by Crippen LogP contribution is -2.53. The topological polar surface area (TPSA) is 82.1 Å². The molecule has 0 bridgehead atoms. The van der Waals surface area contributed by atoms with Gasteiger partial charge in [0.25, 0.3) is 0 Å².